The van der Waals surface area contributed by atoms with Gasteiger partial charge in [-0.25, -0.2) is 0 Å². The number of thiocarbonyl (C=S) groups is 1. The normalized spacial score (nSPS) is 33.8. The van der Waals surface area contributed by atoms with Crippen LogP contribution in [-0.2, 0) is 4.74 Å². The number of fused-ring (bicyclic) bond motifs is 1. The average molecular weight is 349 g/mol. The van der Waals surface area contributed by atoms with E-state index in [0.717, 1.165) is 13.0 Å². The van der Waals surface area contributed by atoms with Gasteiger partial charge in [-0.3, -0.25) is 10.1 Å². The summed E-state index contributed by atoms with van der Waals surface area (Å²) in [6.45, 7) is 3.64. The highest BCUT2D eigenvalue weighted by molar-refractivity contribution is 7.80. The van der Waals surface area contributed by atoms with Crippen LogP contribution in [0, 0.1) is 5.92 Å². The Morgan fingerprint density at radius 2 is 2.13 bits per heavy atom. The molecule has 1 aromatic rings. The summed E-state index contributed by atoms with van der Waals surface area (Å²) in [5.74, 6) is 0.219. The highest BCUT2D eigenvalue weighted by Gasteiger charge is 2.60. The number of nitrogens with one attached hydrogen (secondary N) is 1. The molecule has 1 aromatic carbocycles. The molecule has 6 heteroatoms. The lowest BCUT2D eigenvalue weighted by Gasteiger charge is -2.25. The minimum atomic E-state index is -0.232. The minimum Gasteiger partial charge on any atom is -0.358 e. The van der Waals surface area contributed by atoms with Gasteiger partial charge < -0.3 is 9.64 Å². The first-order valence-electron chi connectivity index (χ1n) is 7.66. The van der Waals surface area contributed by atoms with Crippen molar-refractivity contribution in [2.45, 2.75) is 24.5 Å². The first-order chi connectivity index (χ1) is 10.9. The van der Waals surface area contributed by atoms with Crippen LogP contribution in [0.5, 0.6) is 0 Å². The van der Waals surface area contributed by atoms with Crippen molar-refractivity contribution in [3.63, 3.8) is 0 Å². The maximum absolute atomic E-state index is 12.3. The molecule has 120 valence electrons. The molecule has 0 saturated carbocycles. The minimum absolute atomic E-state index is 0.120. The molecule has 23 heavy (non-hydrogen) atoms. The van der Waals surface area contributed by atoms with E-state index in [0.29, 0.717) is 28.2 Å². The number of halogens is 1. The van der Waals surface area contributed by atoms with Crippen LogP contribution in [0.3, 0.4) is 0 Å². The van der Waals surface area contributed by atoms with E-state index in [1.165, 1.54) is 0 Å². The van der Waals surface area contributed by atoms with Crippen LogP contribution in [0.4, 0.5) is 0 Å². The number of hydrogen-bond acceptors (Lipinski definition) is 3. The van der Waals surface area contributed by atoms with Crippen LogP contribution in [0.25, 0.3) is 0 Å². The fraction of sp³-hybridized carbons (Fsp3) is 0.412. The molecule has 2 bridgehead atoms. The Morgan fingerprint density at radius 3 is 2.78 bits per heavy atom. The van der Waals surface area contributed by atoms with Crippen molar-refractivity contribution in [2.75, 3.05) is 13.1 Å². The molecule has 3 heterocycles. The summed E-state index contributed by atoms with van der Waals surface area (Å²) in [5.41, 5.74) is 0.188. The average Bonchev–Trinajstić information content (AvgIpc) is 3.10. The van der Waals surface area contributed by atoms with Crippen molar-refractivity contribution in [3.8, 4) is 0 Å². The number of carbonyl (C=O) groups is 1. The Morgan fingerprint density at radius 1 is 1.39 bits per heavy atom. The van der Waals surface area contributed by atoms with Gasteiger partial charge in [-0.2, -0.15) is 0 Å². The fourth-order valence-electron chi connectivity index (χ4n) is 3.88. The summed E-state index contributed by atoms with van der Waals surface area (Å²) >= 11 is 11.3. The van der Waals surface area contributed by atoms with Gasteiger partial charge in [-0.15, -0.1) is 0 Å². The van der Waals surface area contributed by atoms with Crippen LogP contribution in [0.15, 0.2) is 36.4 Å². The predicted octanol–water partition coefficient (Wildman–Crippen LogP) is 2.77. The van der Waals surface area contributed by atoms with Crippen molar-refractivity contribution >= 4 is 34.8 Å². The summed E-state index contributed by atoms with van der Waals surface area (Å²) in [6, 6.07) is 6.76. The van der Waals surface area contributed by atoms with E-state index >= 15 is 0 Å². The van der Waals surface area contributed by atoms with Gasteiger partial charge in [0, 0.05) is 23.0 Å². The van der Waals surface area contributed by atoms with Crippen LogP contribution in [0.2, 0.25) is 5.02 Å². The molecule has 4 nitrogen and oxygen atoms in total. The molecule has 4 rings (SSSR count). The number of rotatable bonds is 1. The van der Waals surface area contributed by atoms with Crippen LogP contribution < -0.4 is 5.32 Å². The topological polar surface area (TPSA) is 41.6 Å². The zero-order valence-corrected chi connectivity index (χ0v) is 14.3. The SMILES string of the molecule is CC12C=CC3(CN(C(=S)NC(=O)c4ccc(Cl)cc4)CC3C1)O2. The molecule has 3 unspecified atom stereocenters. The van der Waals surface area contributed by atoms with Gasteiger partial charge in [0.05, 0.1) is 12.1 Å². The number of likely N-dealkylation sites (tertiary alicyclic amines) is 1. The lowest BCUT2D eigenvalue weighted by atomic mass is 9.82. The highest BCUT2D eigenvalue weighted by atomic mass is 35.5. The van der Waals surface area contributed by atoms with E-state index in [1.807, 2.05) is 4.90 Å². The maximum atomic E-state index is 12.3. The van der Waals surface area contributed by atoms with Crippen molar-refractivity contribution in [3.05, 3.63) is 47.0 Å². The molecule has 1 spiro atoms. The first kappa shape index (κ1) is 15.1. The lowest BCUT2D eigenvalue weighted by molar-refractivity contribution is -0.0230. The standard InChI is InChI=1S/C17H17ClN2O2S/c1-16-6-7-17(22-16)10-20(9-12(17)8-16)15(23)19-14(21)11-2-4-13(18)5-3-11/h2-7,12H,8-10H2,1H3,(H,19,21,23). The quantitative estimate of drug-likeness (QED) is 0.626. The van der Waals surface area contributed by atoms with Gasteiger partial charge in [0.25, 0.3) is 5.91 Å². The van der Waals surface area contributed by atoms with Gasteiger partial charge in [0.2, 0.25) is 0 Å². The monoisotopic (exact) mass is 348 g/mol. The number of carbonyl (C=O) groups excluding carboxylic acids is 1. The third kappa shape index (κ3) is 2.47. The highest BCUT2D eigenvalue weighted by Crippen LogP contribution is 2.52. The van der Waals surface area contributed by atoms with E-state index < -0.39 is 0 Å². The molecule has 0 aromatic heterocycles. The summed E-state index contributed by atoms with van der Waals surface area (Å²) in [7, 11) is 0. The summed E-state index contributed by atoms with van der Waals surface area (Å²) in [6.07, 6.45) is 5.33. The fourth-order valence-corrected chi connectivity index (χ4v) is 4.23. The molecule has 3 atom stereocenters. The molecule has 1 N–H and O–H groups in total. The lowest BCUT2D eigenvalue weighted by Crippen LogP contribution is -2.43. The smallest absolute Gasteiger partial charge is 0.257 e. The van der Waals surface area contributed by atoms with Crippen LogP contribution in [0.1, 0.15) is 23.7 Å². The maximum Gasteiger partial charge on any atom is 0.257 e. The Bertz CT molecular complexity index is 720. The summed E-state index contributed by atoms with van der Waals surface area (Å²) in [4.78, 5) is 14.3. The van der Waals surface area contributed by atoms with Crippen molar-refractivity contribution in [1.82, 2.24) is 10.2 Å². The van der Waals surface area contributed by atoms with E-state index in [9.17, 15) is 4.79 Å². The Kier molecular flexibility index (Phi) is 3.31. The number of nitrogens with zero attached hydrogens (tertiary/aromatic N) is 1. The molecule has 1 amide bonds. The first-order valence-corrected chi connectivity index (χ1v) is 8.44. The summed E-state index contributed by atoms with van der Waals surface area (Å²) in [5, 5.41) is 3.87. The van der Waals surface area contributed by atoms with Crippen molar-refractivity contribution in [2.24, 2.45) is 5.92 Å². The Hall–Kier alpha value is -1.43. The Labute approximate surface area is 145 Å². The third-order valence-electron chi connectivity index (χ3n) is 4.98. The van der Waals surface area contributed by atoms with Crippen molar-refractivity contribution in [1.29, 1.82) is 0 Å². The molecule has 2 fully saturated rings. The number of benzene rings is 1. The molecule has 2 saturated heterocycles. The van der Waals surface area contributed by atoms with Crippen molar-refractivity contribution < 1.29 is 9.53 Å². The van der Waals surface area contributed by atoms with Gasteiger partial charge in [0.15, 0.2) is 5.11 Å². The number of ether oxygens (including phenoxy) is 1. The molecule has 3 aliphatic rings. The second-order valence-corrected chi connectivity index (χ2v) is 7.57. The predicted molar refractivity (Wildman–Crippen MR) is 92.6 cm³/mol. The van der Waals surface area contributed by atoms with Gasteiger partial charge in [-0.1, -0.05) is 23.8 Å². The summed E-state index contributed by atoms with van der Waals surface area (Å²) < 4.78 is 6.21. The van der Waals surface area contributed by atoms with Gasteiger partial charge >= 0.3 is 0 Å². The van der Waals surface area contributed by atoms with E-state index in [4.69, 9.17) is 28.6 Å². The second-order valence-electron chi connectivity index (χ2n) is 6.75. The van der Waals surface area contributed by atoms with E-state index in [-0.39, 0.29) is 17.1 Å². The Balaban J connectivity index is 1.42. The molecule has 3 aliphatic heterocycles. The molecule has 0 radical (unpaired) electrons. The van der Waals surface area contributed by atoms with Crippen LogP contribution >= 0.6 is 23.8 Å². The molecular formula is C17H17ClN2O2S. The van der Waals surface area contributed by atoms with Crippen LogP contribution in [-0.4, -0.2) is 40.2 Å². The number of amides is 1. The van der Waals surface area contributed by atoms with E-state index in [2.05, 4.69) is 24.4 Å². The van der Waals surface area contributed by atoms with Gasteiger partial charge in [0.1, 0.15) is 5.60 Å². The number of hydrogen-bond donors (Lipinski definition) is 1. The van der Waals surface area contributed by atoms with E-state index in [1.54, 1.807) is 24.3 Å². The zero-order chi connectivity index (χ0) is 16.2. The molecule has 0 aliphatic carbocycles. The second kappa shape index (κ2) is 5.03. The third-order valence-corrected chi connectivity index (χ3v) is 5.59. The zero-order valence-electron chi connectivity index (χ0n) is 12.7. The van der Waals surface area contributed by atoms with Gasteiger partial charge in [-0.05, 0) is 49.8 Å². The molecular weight excluding hydrogens is 332 g/mol. The largest absolute Gasteiger partial charge is 0.358 e.